The van der Waals surface area contributed by atoms with Crippen LogP contribution < -0.4 is 10.9 Å². The number of nitrogens with one attached hydrogen (secondary N) is 2. The van der Waals surface area contributed by atoms with Gasteiger partial charge in [-0.1, -0.05) is 37.1 Å². The summed E-state index contributed by atoms with van der Waals surface area (Å²) in [5.41, 5.74) is 9.00. The van der Waals surface area contributed by atoms with Crippen molar-refractivity contribution in [1.29, 1.82) is 0 Å². The third kappa shape index (κ3) is 4.71. The van der Waals surface area contributed by atoms with E-state index in [2.05, 4.69) is 52.0 Å². The highest BCUT2D eigenvalue weighted by Gasteiger charge is 2.39. The molecule has 1 saturated carbocycles. The summed E-state index contributed by atoms with van der Waals surface area (Å²) in [5, 5.41) is 0. The van der Waals surface area contributed by atoms with Crippen molar-refractivity contribution in [2.45, 2.75) is 51.1 Å². The Hall–Kier alpha value is -1.43. The summed E-state index contributed by atoms with van der Waals surface area (Å²) in [6.07, 6.45) is 6.95. The molecule has 27 heavy (non-hydrogen) atoms. The lowest BCUT2D eigenvalue weighted by Gasteiger charge is -2.41. The zero-order valence-electron chi connectivity index (χ0n) is 16.6. The maximum Gasteiger partial charge on any atom is 0.237 e. The van der Waals surface area contributed by atoms with Gasteiger partial charge < -0.3 is 4.90 Å². The van der Waals surface area contributed by atoms with E-state index < -0.39 is 0 Å². The molecule has 0 spiro atoms. The van der Waals surface area contributed by atoms with E-state index >= 15 is 0 Å². The molecule has 0 bridgehead atoms. The Morgan fingerprint density at radius 2 is 1.74 bits per heavy atom. The monoisotopic (exact) mass is 370 g/mol. The van der Waals surface area contributed by atoms with Gasteiger partial charge in [0, 0.05) is 31.6 Å². The maximum absolute atomic E-state index is 12.1. The highest BCUT2D eigenvalue weighted by molar-refractivity contribution is 5.79. The Balaban J connectivity index is 1.34. The summed E-state index contributed by atoms with van der Waals surface area (Å²) in [6, 6.07) is 9.53. The van der Waals surface area contributed by atoms with E-state index in [1.165, 1.54) is 56.4 Å². The lowest BCUT2D eigenvalue weighted by Crippen LogP contribution is -2.60. The first-order chi connectivity index (χ1) is 13.2. The number of hydrogen-bond donors (Lipinski definition) is 2. The summed E-state index contributed by atoms with van der Waals surface area (Å²) in [7, 11) is 2.22. The van der Waals surface area contributed by atoms with E-state index in [1.807, 2.05) is 0 Å². The topological polar surface area (TPSA) is 47.6 Å². The van der Waals surface area contributed by atoms with Crippen molar-refractivity contribution in [2.24, 2.45) is 11.8 Å². The van der Waals surface area contributed by atoms with Crippen molar-refractivity contribution in [3.63, 3.8) is 0 Å². The first-order valence-electron chi connectivity index (χ1n) is 10.7. The van der Waals surface area contributed by atoms with Crippen LogP contribution in [0.25, 0.3) is 0 Å². The highest BCUT2D eigenvalue weighted by Crippen LogP contribution is 2.35. The lowest BCUT2D eigenvalue weighted by atomic mass is 9.72. The third-order valence-corrected chi connectivity index (χ3v) is 6.75. The zero-order valence-corrected chi connectivity index (χ0v) is 16.6. The van der Waals surface area contributed by atoms with E-state index in [-0.39, 0.29) is 11.8 Å². The molecule has 5 nitrogen and oxygen atoms in total. The predicted molar refractivity (Wildman–Crippen MR) is 108 cm³/mol. The standard InChI is InChI=1S/C22H34N4O/c1-25-11-4-12-26(14-13-25)16-18-9-7-17(8-10-18)15-21-19-5-2-3-6-20(19)22(27)24-23-21/h7-10,19-21,23H,2-6,11-16H2,1H3,(H,24,27). The number of carbonyl (C=O) groups excluding carboxylic acids is 1. The largest absolute Gasteiger partial charge is 0.305 e. The predicted octanol–water partition coefficient (Wildman–Crippen LogP) is 2.18. The van der Waals surface area contributed by atoms with Crippen LogP contribution in [0.2, 0.25) is 0 Å². The molecule has 2 saturated heterocycles. The molecule has 1 amide bonds. The molecule has 1 aliphatic carbocycles. The number of fused-ring (bicyclic) bond motifs is 1. The minimum atomic E-state index is 0.203. The molecule has 3 atom stereocenters. The van der Waals surface area contributed by atoms with Gasteiger partial charge in [0.25, 0.3) is 0 Å². The highest BCUT2D eigenvalue weighted by atomic mass is 16.2. The molecule has 2 heterocycles. The van der Waals surface area contributed by atoms with Crippen molar-refractivity contribution in [3.8, 4) is 0 Å². The first kappa shape index (κ1) is 18.9. The Morgan fingerprint density at radius 3 is 2.59 bits per heavy atom. The van der Waals surface area contributed by atoms with Crippen LogP contribution in [0.15, 0.2) is 24.3 Å². The summed E-state index contributed by atoms with van der Waals surface area (Å²) in [6.45, 7) is 5.78. The fourth-order valence-corrected chi connectivity index (χ4v) is 5.08. The second-order valence-corrected chi connectivity index (χ2v) is 8.75. The van der Waals surface area contributed by atoms with Crippen LogP contribution in [0, 0.1) is 11.8 Å². The molecule has 148 valence electrons. The van der Waals surface area contributed by atoms with Crippen LogP contribution in [0.1, 0.15) is 43.2 Å². The van der Waals surface area contributed by atoms with Gasteiger partial charge in [0.1, 0.15) is 0 Å². The molecular weight excluding hydrogens is 336 g/mol. The van der Waals surface area contributed by atoms with Gasteiger partial charge in [-0.05, 0) is 62.9 Å². The van der Waals surface area contributed by atoms with Crippen molar-refractivity contribution in [1.82, 2.24) is 20.7 Å². The van der Waals surface area contributed by atoms with Crippen LogP contribution >= 0.6 is 0 Å². The van der Waals surface area contributed by atoms with Gasteiger partial charge in [0.05, 0.1) is 0 Å². The van der Waals surface area contributed by atoms with Gasteiger partial charge in [-0.15, -0.1) is 0 Å². The van der Waals surface area contributed by atoms with E-state index in [4.69, 9.17) is 0 Å². The number of rotatable bonds is 4. The minimum absolute atomic E-state index is 0.203. The normalized spacial score (nSPS) is 30.4. The van der Waals surface area contributed by atoms with Crippen LogP contribution in [0.3, 0.4) is 0 Å². The fraction of sp³-hybridized carbons (Fsp3) is 0.682. The average Bonchev–Trinajstić information content (AvgIpc) is 2.90. The summed E-state index contributed by atoms with van der Waals surface area (Å²) < 4.78 is 0. The Morgan fingerprint density at radius 1 is 0.963 bits per heavy atom. The number of amides is 1. The molecular formula is C22H34N4O. The second-order valence-electron chi connectivity index (χ2n) is 8.75. The van der Waals surface area contributed by atoms with Crippen molar-refractivity contribution in [2.75, 3.05) is 33.2 Å². The molecule has 0 aromatic heterocycles. The maximum atomic E-state index is 12.1. The first-order valence-corrected chi connectivity index (χ1v) is 10.7. The Bertz CT molecular complexity index is 632. The zero-order chi connectivity index (χ0) is 18.6. The number of carbonyl (C=O) groups is 1. The van der Waals surface area contributed by atoms with E-state index in [0.717, 1.165) is 25.9 Å². The minimum Gasteiger partial charge on any atom is -0.305 e. The molecule has 3 unspecified atom stereocenters. The van der Waals surface area contributed by atoms with Gasteiger partial charge in [0.2, 0.25) is 5.91 Å². The molecule has 3 fully saturated rings. The molecule has 1 aromatic rings. The third-order valence-electron chi connectivity index (χ3n) is 6.75. The lowest BCUT2D eigenvalue weighted by molar-refractivity contribution is -0.133. The molecule has 2 aliphatic heterocycles. The number of hydrogen-bond acceptors (Lipinski definition) is 4. The van der Waals surface area contributed by atoms with Gasteiger partial charge in [-0.3, -0.25) is 15.1 Å². The van der Waals surface area contributed by atoms with Crippen LogP contribution in [0.4, 0.5) is 0 Å². The number of hydrazine groups is 1. The van der Waals surface area contributed by atoms with E-state index in [9.17, 15) is 4.79 Å². The van der Waals surface area contributed by atoms with Gasteiger partial charge in [-0.2, -0.15) is 0 Å². The molecule has 0 radical (unpaired) electrons. The number of nitrogens with zero attached hydrogens (tertiary/aromatic N) is 2. The van der Waals surface area contributed by atoms with Crippen molar-refractivity contribution >= 4 is 5.91 Å². The number of benzene rings is 1. The van der Waals surface area contributed by atoms with Crippen molar-refractivity contribution in [3.05, 3.63) is 35.4 Å². The van der Waals surface area contributed by atoms with Gasteiger partial charge in [-0.25, -0.2) is 5.43 Å². The SMILES string of the molecule is CN1CCCN(Cc2ccc(CC3NNC(=O)C4CCCCC34)cc2)CC1. The molecule has 5 heteroatoms. The van der Waals surface area contributed by atoms with Crippen LogP contribution in [0.5, 0.6) is 0 Å². The second kappa shape index (κ2) is 8.72. The molecule has 2 N–H and O–H groups in total. The molecule has 3 aliphatic rings. The van der Waals surface area contributed by atoms with E-state index in [1.54, 1.807) is 0 Å². The van der Waals surface area contributed by atoms with Crippen LogP contribution in [-0.4, -0.2) is 55.0 Å². The molecule has 1 aromatic carbocycles. The Kier molecular flexibility index (Phi) is 6.11. The summed E-state index contributed by atoms with van der Waals surface area (Å²) >= 11 is 0. The molecule has 4 rings (SSSR count). The smallest absolute Gasteiger partial charge is 0.237 e. The summed E-state index contributed by atoms with van der Waals surface area (Å²) in [4.78, 5) is 17.1. The van der Waals surface area contributed by atoms with E-state index in [0.29, 0.717) is 12.0 Å². The number of likely N-dealkylation sites (N-methyl/N-ethyl adjacent to an activating group) is 1. The average molecular weight is 371 g/mol. The van der Waals surface area contributed by atoms with Gasteiger partial charge >= 0.3 is 0 Å². The van der Waals surface area contributed by atoms with Crippen LogP contribution in [-0.2, 0) is 17.8 Å². The van der Waals surface area contributed by atoms with Crippen molar-refractivity contribution < 1.29 is 4.79 Å². The summed E-state index contributed by atoms with van der Waals surface area (Å²) in [5.74, 6) is 0.904. The Labute approximate surface area is 163 Å². The van der Waals surface area contributed by atoms with Gasteiger partial charge in [0.15, 0.2) is 0 Å². The quantitative estimate of drug-likeness (QED) is 0.853. The fourth-order valence-electron chi connectivity index (χ4n) is 5.08.